The molecule has 1 rings (SSSR count). The van der Waals surface area contributed by atoms with E-state index in [9.17, 15) is 4.79 Å². The van der Waals surface area contributed by atoms with Crippen LogP contribution in [0.2, 0.25) is 0 Å². The van der Waals surface area contributed by atoms with Gasteiger partial charge in [0.2, 0.25) is 5.91 Å². The molecule has 4 heteroatoms. The first-order valence-electron chi connectivity index (χ1n) is 5.10. The molecule has 1 amide bonds. The molecule has 0 saturated heterocycles. The van der Waals surface area contributed by atoms with Gasteiger partial charge in [0.25, 0.3) is 0 Å². The molecular weight excluding hydrogens is 210 g/mol. The van der Waals surface area contributed by atoms with Gasteiger partial charge in [-0.1, -0.05) is 0 Å². The summed E-state index contributed by atoms with van der Waals surface area (Å²) >= 11 is 1.64. The highest BCUT2D eigenvalue weighted by atomic mass is 32.1. The van der Waals surface area contributed by atoms with E-state index in [0.29, 0.717) is 19.4 Å². The molecule has 0 aliphatic heterocycles. The fourth-order valence-electron chi connectivity index (χ4n) is 1.32. The highest BCUT2D eigenvalue weighted by Gasteiger charge is 2.08. The smallest absolute Gasteiger partial charge is 0.222 e. The Kier molecular flexibility index (Phi) is 5.36. The van der Waals surface area contributed by atoms with Crippen LogP contribution < -0.4 is 0 Å². The summed E-state index contributed by atoms with van der Waals surface area (Å²) in [4.78, 5) is 13.3. The second-order valence-corrected chi connectivity index (χ2v) is 4.34. The zero-order valence-corrected chi connectivity index (χ0v) is 9.80. The molecule has 0 spiro atoms. The van der Waals surface area contributed by atoms with Crippen LogP contribution in [-0.2, 0) is 11.3 Å². The van der Waals surface area contributed by atoms with E-state index < -0.39 is 0 Å². The maximum Gasteiger partial charge on any atom is 0.222 e. The van der Waals surface area contributed by atoms with E-state index >= 15 is 0 Å². The van der Waals surface area contributed by atoms with Crippen molar-refractivity contribution in [3.8, 4) is 0 Å². The normalized spacial score (nSPS) is 10.3. The second-order valence-electron chi connectivity index (χ2n) is 3.56. The quantitative estimate of drug-likeness (QED) is 0.754. The number of aliphatic hydroxyl groups excluding tert-OH is 1. The minimum atomic E-state index is 0.148. The van der Waals surface area contributed by atoms with Crippen molar-refractivity contribution in [3.63, 3.8) is 0 Å². The van der Waals surface area contributed by atoms with Crippen LogP contribution in [0, 0.1) is 0 Å². The number of carbonyl (C=O) groups is 1. The van der Waals surface area contributed by atoms with Crippen LogP contribution in [0.15, 0.2) is 16.8 Å². The largest absolute Gasteiger partial charge is 0.396 e. The van der Waals surface area contributed by atoms with Crippen molar-refractivity contribution in [1.82, 2.24) is 4.90 Å². The molecule has 0 saturated carbocycles. The van der Waals surface area contributed by atoms with Crippen molar-refractivity contribution in [2.75, 3.05) is 13.7 Å². The Bertz CT molecular complexity index is 285. The van der Waals surface area contributed by atoms with Gasteiger partial charge in [-0.05, 0) is 35.2 Å². The van der Waals surface area contributed by atoms with E-state index in [-0.39, 0.29) is 12.5 Å². The number of unbranched alkanes of at least 4 members (excludes halogenated alkanes) is 1. The molecule has 1 N–H and O–H groups in total. The number of nitrogens with zero attached hydrogens (tertiary/aromatic N) is 1. The van der Waals surface area contributed by atoms with Crippen molar-refractivity contribution in [3.05, 3.63) is 22.4 Å². The zero-order valence-electron chi connectivity index (χ0n) is 8.98. The Balaban J connectivity index is 2.27. The van der Waals surface area contributed by atoms with Gasteiger partial charge in [0.1, 0.15) is 0 Å². The summed E-state index contributed by atoms with van der Waals surface area (Å²) in [6.45, 7) is 0.850. The fourth-order valence-corrected chi connectivity index (χ4v) is 1.98. The Morgan fingerprint density at radius 3 is 2.93 bits per heavy atom. The van der Waals surface area contributed by atoms with Crippen molar-refractivity contribution in [1.29, 1.82) is 0 Å². The highest BCUT2D eigenvalue weighted by Crippen LogP contribution is 2.09. The molecule has 3 nitrogen and oxygen atoms in total. The molecule has 0 fully saturated rings. The number of carbonyl (C=O) groups excluding carboxylic acids is 1. The third-order valence-electron chi connectivity index (χ3n) is 2.22. The van der Waals surface area contributed by atoms with Gasteiger partial charge in [-0.25, -0.2) is 0 Å². The number of thiophene rings is 1. The lowest BCUT2D eigenvalue weighted by Gasteiger charge is -2.16. The first kappa shape index (κ1) is 12.2. The Hall–Kier alpha value is -0.870. The lowest BCUT2D eigenvalue weighted by molar-refractivity contribution is -0.130. The number of hydrogen-bond donors (Lipinski definition) is 1. The maximum absolute atomic E-state index is 11.6. The SMILES string of the molecule is CN(Cc1ccsc1)C(=O)CCCCO. The monoisotopic (exact) mass is 227 g/mol. The lowest BCUT2D eigenvalue weighted by atomic mass is 10.2. The summed E-state index contributed by atoms with van der Waals surface area (Å²) in [5, 5.41) is 12.7. The summed E-state index contributed by atoms with van der Waals surface area (Å²) in [5.41, 5.74) is 1.18. The van der Waals surface area contributed by atoms with E-state index in [0.717, 1.165) is 6.42 Å². The maximum atomic E-state index is 11.6. The molecule has 84 valence electrons. The summed E-state index contributed by atoms with van der Waals surface area (Å²) in [5.74, 6) is 0.148. The molecule has 0 atom stereocenters. The summed E-state index contributed by atoms with van der Waals surface area (Å²) in [6.07, 6.45) is 2.00. The van der Waals surface area contributed by atoms with Crippen molar-refractivity contribution >= 4 is 17.2 Å². The van der Waals surface area contributed by atoms with Gasteiger partial charge in [-0.2, -0.15) is 11.3 Å². The molecule has 0 aliphatic rings. The molecule has 0 aromatic carbocycles. The number of hydrogen-bond acceptors (Lipinski definition) is 3. The molecule has 0 radical (unpaired) electrons. The van der Waals surface area contributed by atoms with Crippen molar-refractivity contribution in [2.45, 2.75) is 25.8 Å². The van der Waals surface area contributed by atoms with Gasteiger partial charge in [0, 0.05) is 26.6 Å². The van der Waals surface area contributed by atoms with Gasteiger partial charge < -0.3 is 10.0 Å². The first-order chi connectivity index (χ1) is 7.24. The Morgan fingerprint density at radius 2 is 2.33 bits per heavy atom. The molecular formula is C11H17NO2S. The topological polar surface area (TPSA) is 40.5 Å². The van der Waals surface area contributed by atoms with E-state index in [2.05, 4.69) is 5.38 Å². The third-order valence-corrected chi connectivity index (χ3v) is 2.96. The van der Waals surface area contributed by atoms with Gasteiger partial charge in [-0.3, -0.25) is 4.79 Å². The van der Waals surface area contributed by atoms with Crippen LogP contribution in [-0.4, -0.2) is 29.6 Å². The molecule has 1 aromatic heterocycles. The predicted molar refractivity (Wildman–Crippen MR) is 61.7 cm³/mol. The van der Waals surface area contributed by atoms with Gasteiger partial charge in [0.15, 0.2) is 0 Å². The van der Waals surface area contributed by atoms with Crippen LogP contribution in [0.1, 0.15) is 24.8 Å². The minimum absolute atomic E-state index is 0.148. The first-order valence-corrected chi connectivity index (χ1v) is 6.04. The van der Waals surface area contributed by atoms with E-state index in [1.165, 1.54) is 5.56 Å². The van der Waals surface area contributed by atoms with Crippen LogP contribution in [0.5, 0.6) is 0 Å². The van der Waals surface area contributed by atoms with Crippen molar-refractivity contribution in [2.24, 2.45) is 0 Å². The molecule has 0 unspecified atom stereocenters. The minimum Gasteiger partial charge on any atom is -0.396 e. The third kappa shape index (κ3) is 4.44. The predicted octanol–water partition coefficient (Wildman–Crippen LogP) is 1.87. The lowest BCUT2D eigenvalue weighted by Crippen LogP contribution is -2.25. The molecule has 0 bridgehead atoms. The van der Waals surface area contributed by atoms with Crippen LogP contribution in [0.4, 0.5) is 0 Å². The molecule has 1 aromatic rings. The van der Waals surface area contributed by atoms with Crippen LogP contribution in [0.3, 0.4) is 0 Å². The van der Waals surface area contributed by atoms with Crippen molar-refractivity contribution < 1.29 is 9.90 Å². The average Bonchev–Trinajstić information content (AvgIpc) is 2.70. The van der Waals surface area contributed by atoms with Gasteiger partial charge >= 0.3 is 0 Å². The Labute approximate surface area is 94.3 Å². The van der Waals surface area contributed by atoms with E-state index in [1.807, 2.05) is 18.5 Å². The summed E-state index contributed by atoms with van der Waals surface area (Å²) < 4.78 is 0. The van der Waals surface area contributed by atoms with Crippen LogP contribution >= 0.6 is 11.3 Å². The van der Waals surface area contributed by atoms with E-state index in [4.69, 9.17) is 5.11 Å². The summed E-state index contributed by atoms with van der Waals surface area (Å²) in [6, 6.07) is 2.03. The van der Waals surface area contributed by atoms with Gasteiger partial charge in [-0.15, -0.1) is 0 Å². The number of rotatable bonds is 6. The second kappa shape index (κ2) is 6.58. The molecule has 0 aliphatic carbocycles. The zero-order chi connectivity index (χ0) is 11.1. The highest BCUT2D eigenvalue weighted by molar-refractivity contribution is 7.07. The molecule has 15 heavy (non-hydrogen) atoms. The Morgan fingerprint density at radius 1 is 1.53 bits per heavy atom. The standard InChI is InChI=1S/C11H17NO2S/c1-12(8-10-5-7-15-9-10)11(14)4-2-3-6-13/h5,7,9,13H,2-4,6,8H2,1H3. The van der Waals surface area contributed by atoms with Crippen LogP contribution in [0.25, 0.3) is 0 Å². The fraction of sp³-hybridized carbons (Fsp3) is 0.545. The number of aliphatic hydroxyl groups is 1. The average molecular weight is 227 g/mol. The summed E-state index contributed by atoms with van der Waals surface area (Å²) in [7, 11) is 1.82. The molecule has 1 heterocycles. The number of amides is 1. The van der Waals surface area contributed by atoms with E-state index in [1.54, 1.807) is 16.2 Å². The van der Waals surface area contributed by atoms with Gasteiger partial charge in [0.05, 0.1) is 0 Å².